The maximum absolute atomic E-state index is 12.8. The van der Waals surface area contributed by atoms with E-state index in [9.17, 15) is 4.79 Å². The van der Waals surface area contributed by atoms with Gasteiger partial charge in [0.2, 0.25) is 5.91 Å². The highest BCUT2D eigenvalue weighted by atomic mass is 32.1. The Balaban J connectivity index is 1.14. The fraction of sp³-hybridized carbons (Fsp3) is 0.115. The summed E-state index contributed by atoms with van der Waals surface area (Å²) in [5.41, 5.74) is 5.47. The van der Waals surface area contributed by atoms with E-state index in [1.807, 2.05) is 93.6 Å². The number of imidazole rings is 2. The van der Waals surface area contributed by atoms with E-state index in [2.05, 4.69) is 10.3 Å². The van der Waals surface area contributed by atoms with Crippen molar-refractivity contribution in [3.05, 3.63) is 83.6 Å². The predicted octanol–water partition coefficient (Wildman–Crippen LogP) is 6.02. The van der Waals surface area contributed by atoms with Crippen molar-refractivity contribution in [2.75, 3.05) is 11.9 Å². The van der Waals surface area contributed by atoms with Crippen molar-refractivity contribution in [2.24, 2.45) is 0 Å². The van der Waals surface area contributed by atoms with Gasteiger partial charge in [-0.05, 0) is 43.3 Å². The number of rotatable bonds is 7. The van der Waals surface area contributed by atoms with Gasteiger partial charge >= 0.3 is 0 Å². The van der Waals surface area contributed by atoms with E-state index in [1.165, 1.54) is 11.3 Å². The van der Waals surface area contributed by atoms with Gasteiger partial charge in [0.25, 0.3) is 0 Å². The van der Waals surface area contributed by atoms with E-state index in [4.69, 9.17) is 9.72 Å². The van der Waals surface area contributed by atoms with Gasteiger partial charge in [-0.15, -0.1) is 22.7 Å². The van der Waals surface area contributed by atoms with Gasteiger partial charge in [0.05, 0.1) is 24.4 Å². The summed E-state index contributed by atoms with van der Waals surface area (Å²) in [5, 5.41) is 6.99. The average Bonchev–Trinajstić information content (AvgIpc) is 3.63. The summed E-state index contributed by atoms with van der Waals surface area (Å²) in [5.74, 6) is 0.767. The van der Waals surface area contributed by atoms with Crippen LogP contribution in [0.15, 0.2) is 77.9 Å². The molecule has 0 aliphatic heterocycles. The standard InChI is InChI=1S/C26H21N5O2S2/c1-2-33-21-9-5-18(6-10-21)23-15-31-20(16-35-26(31)29-23)13-24(32)27-19-7-3-17(4-8-19)22-14-30-11-12-34-25(30)28-22/h3-12,14-16H,2,13H2,1H3,(H,27,32). The summed E-state index contributed by atoms with van der Waals surface area (Å²) in [4.78, 5) is 23.9. The van der Waals surface area contributed by atoms with Crippen molar-refractivity contribution in [2.45, 2.75) is 13.3 Å². The fourth-order valence-electron chi connectivity index (χ4n) is 3.94. The summed E-state index contributed by atoms with van der Waals surface area (Å²) >= 11 is 3.13. The van der Waals surface area contributed by atoms with Crippen LogP contribution in [0.3, 0.4) is 0 Å². The minimum Gasteiger partial charge on any atom is -0.494 e. The van der Waals surface area contributed by atoms with Gasteiger partial charge in [-0.2, -0.15) is 0 Å². The largest absolute Gasteiger partial charge is 0.494 e. The Kier molecular flexibility index (Phi) is 5.55. The Morgan fingerprint density at radius 1 is 0.943 bits per heavy atom. The van der Waals surface area contributed by atoms with E-state index in [1.54, 1.807) is 11.3 Å². The first-order chi connectivity index (χ1) is 17.2. The second-order valence-corrected chi connectivity index (χ2v) is 9.69. The molecule has 0 aliphatic rings. The molecule has 7 nitrogen and oxygen atoms in total. The van der Waals surface area contributed by atoms with Gasteiger partial charge in [-0.1, -0.05) is 12.1 Å². The lowest BCUT2D eigenvalue weighted by atomic mass is 10.1. The zero-order valence-electron chi connectivity index (χ0n) is 18.8. The summed E-state index contributed by atoms with van der Waals surface area (Å²) in [6, 6.07) is 15.7. The third-order valence-corrected chi connectivity index (χ3v) is 7.30. The van der Waals surface area contributed by atoms with Crippen molar-refractivity contribution in [3.8, 4) is 28.3 Å². The second-order valence-electron chi connectivity index (χ2n) is 7.98. The van der Waals surface area contributed by atoms with Crippen LogP contribution in [-0.2, 0) is 11.2 Å². The Labute approximate surface area is 209 Å². The molecular weight excluding hydrogens is 478 g/mol. The molecule has 0 bridgehead atoms. The van der Waals surface area contributed by atoms with E-state index in [0.717, 1.165) is 49.6 Å². The predicted molar refractivity (Wildman–Crippen MR) is 141 cm³/mol. The number of hydrogen-bond donors (Lipinski definition) is 1. The van der Waals surface area contributed by atoms with Crippen molar-refractivity contribution < 1.29 is 9.53 Å². The molecule has 0 saturated heterocycles. The zero-order valence-corrected chi connectivity index (χ0v) is 20.5. The molecular formula is C26H21N5O2S2. The maximum atomic E-state index is 12.8. The first-order valence-corrected chi connectivity index (χ1v) is 12.9. The number of aromatic nitrogens is 4. The van der Waals surface area contributed by atoms with Crippen LogP contribution in [0.5, 0.6) is 5.75 Å². The first kappa shape index (κ1) is 21.6. The lowest BCUT2D eigenvalue weighted by molar-refractivity contribution is -0.115. The number of carbonyl (C=O) groups is 1. The molecule has 6 aromatic rings. The summed E-state index contributed by atoms with van der Waals surface area (Å²) < 4.78 is 9.52. The molecule has 0 saturated carbocycles. The lowest BCUT2D eigenvalue weighted by Crippen LogP contribution is -2.15. The third kappa shape index (κ3) is 4.31. The monoisotopic (exact) mass is 499 g/mol. The molecule has 0 aliphatic carbocycles. The summed E-state index contributed by atoms with van der Waals surface area (Å²) in [6.45, 7) is 2.60. The molecule has 0 unspecified atom stereocenters. The number of hydrogen-bond acceptors (Lipinski definition) is 6. The van der Waals surface area contributed by atoms with Gasteiger partial charge in [0.15, 0.2) is 9.92 Å². The van der Waals surface area contributed by atoms with Crippen LogP contribution in [0.25, 0.3) is 32.4 Å². The molecule has 1 amide bonds. The zero-order chi connectivity index (χ0) is 23.8. The van der Waals surface area contributed by atoms with Gasteiger partial charge in [-0.25, -0.2) is 9.97 Å². The van der Waals surface area contributed by atoms with Crippen molar-refractivity contribution in [1.29, 1.82) is 0 Å². The molecule has 4 heterocycles. The number of amides is 1. The number of carbonyl (C=O) groups excluding carboxylic acids is 1. The molecule has 0 fully saturated rings. The molecule has 0 atom stereocenters. The molecule has 6 rings (SSSR count). The Morgan fingerprint density at radius 2 is 1.66 bits per heavy atom. The minimum absolute atomic E-state index is 0.0729. The van der Waals surface area contributed by atoms with Crippen LogP contribution in [0.4, 0.5) is 5.69 Å². The average molecular weight is 500 g/mol. The molecule has 2 aromatic carbocycles. The van der Waals surface area contributed by atoms with E-state index < -0.39 is 0 Å². The SMILES string of the molecule is CCOc1ccc(-c2cn3c(CC(=O)Nc4ccc(-c5cn6ccsc6n5)cc4)csc3n2)cc1. The Hall–Kier alpha value is -3.95. The van der Waals surface area contributed by atoms with Gasteiger partial charge in [0, 0.05) is 51.9 Å². The van der Waals surface area contributed by atoms with Gasteiger partial charge in [-0.3, -0.25) is 13.6 Å². The van der Waals surface area contributed by atoms with Crippen LogP contribution >= 0.6 is 22.7 Å². The smallest absolute Gasteiger partial charge is 0.230 e. The van der Waals surface area contributed by atoms with Crippen LogP contribution in [-0.4, -0.2) is 31.3 Å². The summed E-state index contributed by atoms with van der Waals surface area (Å²) in [6.07, 6.45) is 6.24. The number of benzene rings is 2. The van der Waals surface area contributed by atoms with Gasteiger partial charge in [0.1, 0.15) is 5.75 Å². The number of fused-ring (bicyclic) bond motifs is 2. The van der Waals surface area contributed by atoms with Crippen LogP contribution in [0.2, 0.25) is 0 Å². The number of nitrogens with one attached hydrogen (secondary N) is 1. The molecule has 0 radical (unpaired) electrons. The number of anilines is 1. The van der Waals surface area contributed by atoms with Gasteiger partial charge < -0.3 is 10.1 Å². The summed E-state index contributed by atoms with van der Waals surface area (Å²) in [7, 11) is 0. The van der Waals surface area contributed by atoms with E-state index >= 15 is 0 Å². The first-order valence-electron chi connectivity index (χ1n) is 11.2. The quantitative estimate of drug-likeness (QED) is 0.292. The molecule has 35 heavy (non-hydrogen) atoms. The third-order valence-electron chi connectivity index (χ3n) is 5.64. The topological polar surface area (TPSA) is 72.9 Å². The lowest BCUT2D eigenvalue weighted by Gasteiger charge is -2.06. The van der Waals surface area contributed by atoms with E-state index in [-0.39, 0.29) is 12.3 Å². The van der Waals surface area contributed by atoms with Crippen molar-refractivity contribution in [3.63, 3.8) is 0 Å². The fourth-order valence-corrected chi connectivity index (χ4v) is 5.52. The highest BCUT2D eigenvalue weighted by Gasteiger charge is 2.13. The molecule has 4 aromatic heterocycles. The molecule has 0 spiro atoms. The van der Waals surface area contributed by atoms with Crippen LogP contribution in [0, 0.1) is 0 Å². The van der Waals surface area contributed by atoms with Crippen LogP contribution < -0.4 is 10.1 Å². The molecule has 174 valence electrons. The van der Waals surface area contributed by atoms with Crippen LogP contribution in [0.1, 0.15) is 12.6 Å². The van der Waals surface area contributed by atoms with Crippen molar-refractivity contribution >= 4 is 44.2 Å². The molecule has 9 heteroatoms. The highest BCUT2D eigenvalue weighted by molar-refractivity contribution is 7.15. The number of nitrogens with zero attached hydrogens (tertiary/aromatic N) is 4. The minimum atomic E-state index is -0.0729. The number of ether oxygens (including phenoxy) is 1. The molecule has 1 N–H and O–H groups in total. The Morgan fingerprint density at radius 3 is 2.40 bits per heavy atom. The van der Waals surface area contributed by atoms with Crippen molar-refractivity contribution in [1.82, 2.24) is 18.8 Å². The Bertz CT molecular complexity index is 1600. The normalized spacial score (nSPS) is 11.3. The second kappa shape index (κ2) is 9.01. The van der Waals surface area contributed by atoms with E-state index in [0.29, 0.717) is 6.61 Å². The highest BCUT2D eigenvalue weighted by Crippen LogP contribution is 2.26. The maximum Gasteiger partial charge on any atom is 0.230 e. The number of thiazole rings is 2.